The van der Waals surface area contributed by atoms with Crippen LogP contribution in [0.15, 0.2) is 18.2 Å². The minimum Gasteiger partial charge on any atom is -0.391 e. The Kier molecular flexibility index (Phi) is 6.57. The molecule has 0 unspecified atom stereocenters. The highest BCUT2D eigenvalue weighted by molar-refractivity contribution is 5.81. The second-order valence-corrected chi connectivity index (χ2v) is 4.43. The number of anilines is 1. The summed E-state index contributed by atoms with van der Waals surface area (Å²) in [5.74, 6) is -0.182. The van der Waals surface area contributed by atoms with Gasteiger partial charge in [0.2, 0.25) is 5.91 Å². The van der Waals surface area contributed by atoms with Crippen molar-refractivity contribution in [3.63, 3.8) is 0 Å². The number of nitrogens with zero attached hydrogens (tertiary/aromatic N) is 2. The molecule has 2 N–H and O–H groups in total. The van der Waals surface area contributed by atoms with Gasteiger partial charge in [0.25, 0.3) is 5.69 Å². The number of hydrogen-bond donors (Lipinski definition) is 2. The maximum atomic E-state index is 11.7. The number of nitrogens with one attached hydrogen (secondary N) is 1. The zero-order chi connectivity index (χ0) is 15.8. The average molecular weight is 297 g/mol. The number of carbonyl (C=O) groups is 1. The Labute approximate surface area is 122 Å². The van der Waals surface area contributed by atoms with Crippen LogP contribution in [0.2, 0.25) is 0 Å². The topological polar surface area (TPSA) is 105 Å². The molecular weight excluding hydrogens is 278 g/mol. The molecule has 1 amide bonds. The monoisotopic (exact) mass is 297 g/mol. The molecule has 0 atom stereocenters. The van der Waals surface area contributed by atoms with Crippen molar-refractivity contribution in [1.29, 1.82) is 0 Å². The van der Waals surface area contributed by atoms with E-state index in [9.17, 15) is 20.0 Å². The number of nitro benzene ring substituents is 1. The number of benzene rings is 1. The van der Waals surface area contributed by atoms with E-state index in [1.165, 1.54) is 12.1 Å². The summed E-state index contributed by atoms with van der Waals surface area (Å²) in [6.45, 7) is 0.525. The molecule has 1 aromatic rings. The first-order valence-corrected chi connectivity index (χ1v) is 6.34. The van der Waals surface area contributed by atoms with Gasteiger partial charge in [-0.25, -0.2) is 0 Å². The number of amides is 1. The fourth-order valence-corrected chi connectivity index (χ4v) is 1.77. The van der Waals surface area contributed by atoms with E-state index in [2.05, 4.69) is 5.32 Å². The minimum absolute atomic E-state index is 0.104. The van der Waals surface area contributed by atoms with Gasteiger partial charge in [-0.2, -0.15) is 0 Å². The molecule has 0 heterocycles. The third-order valence-corrected chi connectivity index (χ3v) is 2.88. The van der Waals surface area contributed by atoms with Gasteiger partial charge in [0.05, 0.1) is 30.2 Å². The maximum absolute atomic E-state index is 11.7. The third kappa shape index (κ3) is 5.01. The molecule has 0 fully saturated rings. The van der Waals surface area contributed by atoms with Crippen molar-refractivity contribution in [2.24, 2.45) is 0 Å². The van der Waals surface area contributed by atoms with Gasteiger partial charge >= 0.3 is 0 Å². The minimum atomic E-state index is -0.549. The molecule has 0 aliphatic heterocycles. The van der Waals surface area contributed by atoms with Crippen molar-refractivity contribution in [2.75, 3.05) is 38.8 Å². The molecule has 1 rings (SSSR count). The summed E-state index contributed by atoms with van der Waals surface area (Å²) in [6.07, 6.45) is 0. The van der Waals surface area contributed by atoms with Crippen LogP contribution in [-0.2, 0) is 16.1 Å². The van der Waals surface area contributed by atoms with Crippen LogP contribution < -0.4 is 10.2 Å². The lowest BCUT2D eigenvalue weighted by molar-refractivity contribution is -0.385. The Bertz CT molecular complexity index is 507. The van der Waals surface area contributed by atoms with Crippen molar-refractivity contribution >= 4 is 17.3 Å². The summed E-state index contributed by atoms with van der Waals surface area (Å²) in [4.78, 5) is 23.6. The lowest BCUT2D eigenvalue weighted by atomic mass is 10.1. The quantitative estimate of drug-likeness (QED) is 0.406. The SMILES string of the molecule is COCCNC(=O)CN(C)c1ccc([N+](=O)[O-])c(CO)c1. The number of likely N-dealkylation sites (N-methyl/N-ethyl adjacent to an activating group) is 1. The van der Waals surface area contributed by atoms with E-state index in [0.29, 0.717) is 18.8 Å². The highest BCUT2D eigenvalue weighted by Gasteiger charge is 2.15. The lowest BCUT2D eigenvalue weighted by Crippen LogP contribution is -2.36. The van der Waals surface area contributed by atoms with Gasteiger partial charge in [0.1, 0.15) is 0 Å². The van der Waals surface area contributed by atoms with Crippen molar-refractivity contribution in [3.8, 4) is 0 Å². The van der Waals surface area contributed by atoms with Gasteiger partial charge in [-0.15, -0.1) is 0 Å². The van der Waals surface area contributed by atoms with E-state index in [0.717, 1.165) is 0 Å². The van der Waals surface area contributed by atoms with Crippen LogP contribution in [0.3, 0.4) is 0 Å². The summed E-state index contributed by atoms with van der Waals surface area (Å²) < 4.78 is 4.83. The second kappa shape index (κ2) is 8.18. The van der Waals surface area contributed by atoms with Crippen molar-refractivity contribution in [1.82, 2.24) is 5.32 Å². The van der Waals surface area contributed by atoms with Gasteiger partial charge in [0, 0.05) is 32.5 Å². The molecule has 8 nitrogen and oxygen atoms in total. The van der Waals surface area contributed by atoms with Gasteiger partial charge in [-0.05, 0) is 12.1 Å². The molecule has 0 aliphatic carbocycles. The van der Waals surface area contributed by atoms with E-state index >= 15 is 0 Å². The Balaban J connectivity index is 2.72. The van der Waals surface area contributed by atoms with Gasteiger partial charge < -0.3 is 20.1 Å². The van der Waals surface area contributed by atoms with Crippen LogP contribution in [0.4, 0.5) is 11.4 Å². The summed E-state index contributed by atoms with van der Waals surface area (Å²) >= 11 is 0. The first-order chi connectivity index (χ1) is 9.99. The van der Waals surface area contributed by atoms with E-state index < -0.39 is 11.5 Å². The van der Waals surface area contributed by atoms with Crippen molar-refractivity contribution < 1.29 is 19.6 Å². The largest absolute Gasteiger partial charge is 0.391 e. The standard InChI is InChI=1S/C13H19N3O5/c1-15(8-13(18)14-5-6-21-2)11-3-4-12(16(19)20)10(7-11)9-17/h3-4,7,17H,5-6,8-9H2,1-2H3,(H,14,18). The smallest absolute Gasteiger partial charge is 0.275 e. The third-order valence-electron chi connectivity index (χ3n) is 2.88. The number of methoxy groups -OCH3 is 1. The fourth-order valence-electron chi connectivity index (χ4n) is 1.77. The normalized spacial score (nSPS) is 10.2. The number of hydrogen-bond acceptors (Lipinski definition) is 6. The summed E-state index contributed by atoms with van der Waals surface area (Å²) in [5.41, 5.74) is 0.690. The zero-order valence-corrected chi connectivity index (χ0v) is 12.0. The predicted molar refractivity (Wildman–Crippen MR) is 77.2 cm³/mol. The molecule has 116 valence electrons. The molecule has 0 spiro atoms. The number of aliphatic hydroxyl groups is 1. The average Bonchev–Trinajstić information content (AvgIpc) is 2.46. The van der Waals surface area contributed by atoms with Crippen LogP contribution >= 0.6 is 0 Å². The molecular formula is C13H19N3O5. The van der Waals surface area contributed by atoms with E-state index in [4.69, 9.17) is 4.74 Å². The molecule has 21 heavy (non-hydrogen) atoms. The number of rotatable bonds is 8. The van der Waals surface area contributed by atoms with Crippen LogP contribution in [-0.4, -0.2) is 49.8 Å². The number of nitro groups is 1. The lowest BCUT2D eigenvalue weighted by Gasteiger charge is -2.19. The highest BCUT2D eigenvalue weighted by atomic mass is 16.6. The summed E-state index contributed by atoms with van der Waals surface area (Å²) in [5, 5.41) is 22.7. The Morgan fingerprint density at radius 1 is 1.52 bits per heavy atom. The zero-order valence-electron chi connectivity index (χ0n) is 12.0. The molecule has 0 saturated heterocycles. The van der Waals surface area contributed by atoms with Crippen LogP contribution in [0.1, 0.15) is 5.56 Å². The van der Waals surface area contributed by atoms with Crippen LogP contribution in [0.25, 0.3) is 0 Å². The molecule has 0 saturated carbocycles. The molecule has 0 aliphatic rings. The molecule has 0 bridgehead atoms. The van der Waals surface area contributed by atoms with Gasteiger partial charge in [0.15, 0.2) is 0 Å². The Hall–Kier alpha value is -2.19. The van der Waals surface area contributed by atoms with E-state index in [-0.39, 0.29) is 23.7 Å². The van der Waals surface area contributed by atoms with Crippen molar-refractivity contribution in [3.05, 3.63) is 33.9 Å². The first kappa shape index (κ1) is 16.9. The van der Waals surface area contributed by atoms with Crippen LogP contribution in [0, 0.1) is 10.1 Å². The molecule has 8 heteroatoms. The Morgan fingerprint density at radius 3 is 2.81 bits per heavy atom. The van der Waals surface area contributed by atoms with E-state index in [1.807, 2.05) is 0 Å². The second-order valence-electron chi connectivity index (χ2n) is 4.43. The highest BCUT2D eigenvalue weighted by Crippen LogP contribution is 2.24. The first-order valence-electron chi connectivity index (χ1n) is 6.34. The van der Waals surface area contributed by atoms with Crippen LogP contribution in [0.5, 0.6) is 0 Å². The van der Waals surface area contributed by atoms with Gasteiger partial charge in [-0.3, -0.25) is 14.9 Å². The molecule has 1 aromatic carbocycles. The Morgan fingerprint density at radius 2 is 2.24 bits per heavy atom. The number of aliphatic hydroxyl groups excluding tert-OH is 1. The number of carbonyl (C=O) groups excluding carboxylic acids is 1. The van der Waals surface area contributed by atoms with Crippen molar-refractivity contribution in [2.45, 2.75) is 6.61 Å². The van der Waals surface area contributed by atoms with Gasteiger partial charge in [-0.1, -0.05) is 0 Å². The molecule has 0 aromatic heterocycles. The van der Waals surface area contributed by atoms with E-state index in [1.54, 1.807) is 25.1 Å². The maximum Gasteiger partial charge on any atom is 0.275 e. The molecule has 0 radical (unpaired) electrons. The predicted octanol–water partition coefficient (Wildman–Crippen LogP) is 0.286. The summed E-state index contributed by atoms with van der Waals surface area (Å²) in [7, 11) is 3.24. The fraction of sp³-hybridized carbons (Fsp3) is 0.462. The number of ether oxygens (including phenoxy) is 1. The summed E-state index contributed by atoms with van der Waals surface area (Å²) in [6, 6.07) is 4.36.